The molecule has 0 saturated carbocycles. The van der Waals surface area contributed by atoms with Crippen molar-refractivity contribution < 1.29 is 9.47 Å². The van der Waals surface area contributed by atoms with Crippen LogP contribution in [0.5, 0.6) is 11.5 Å². The lowest BCUT2D eigenvalue weighted by Crippen LogP contribution is -1.90. The molecule has 82 valence electrons. The van der Waals surface area contributed by atoms with Crippen molar-refractivity contribution >= 4 is 28.2 Å². The van der Waals surface area contributed by atoms with Crippen molar-refractivity contribution in [3.05, 3.63) is 27.3 Å². The molecule has 1 aromatic carbocycles. The molecule has 2 nitrogen and oxygen atoms in total. The molecule has 0 atom stereocenters. The van der Waals surface area contributed by atoms with Gasteiger partial charge in [0.15, 0.2) is 0 Å². The molecule has 0 heterocycles. The van der Waals surface area contributed by atoms with Crippen LogP contribution in [0, 0.1) is 0 Å². The van der Waals surface area contributed by atoms with Crippen molar-refractivity contribution in [1.29, 1.82) is 0 Å². The second-order valence-corrected chi connectivity index (χ2v) is 4.88. The molecule has 0 spiro atoms. The van der Waals surface area contributed by atoms with Gasteiger partial charge in [-0.15, -0.1) is 0 Å². The van der Waals surface area contributed by atoms with Gasteiger partial charge in [0, 0.05) is 6.07 Å². The van der Waals surface area contributed by atoms with Gasteiger partial charge in [0.25, 0.3) is 0 Å². The second kappa shape index (κ2) is 5.39. The molecule has 3 heteroatoms. The van der Waals surface area contributed by atoms with Gasteiger partial charge in [-0.1, -0.05) is 0 Å². The fourth-order valence-electron chi connectivity index (χ4n) is 1.22. The minimum Gasteiger partial charge on any atom is -0.497 e. The predicted octanol–water partition coefficient (Wildman–Crippen LogP) is 3.89. The van der Waals surface area contributed by atoms with Gasteiger partial charge in [-0.2, -0.15) is 0 Å². The van der Waals surface area contributed by atoms with Crippen LogP contribution in [0.15, 0.2) is 21.8 Å². The Morgan fingerprint density at radius 2 is 1.47 bits per heavy atom. The first-order valence-corrected chi connectivity index (χ1v) is 5.72. The molecule has 15 heavy (non-hydrogen) atoms. The summed E-state index contributed by atoms with van der Waals surface area (Å²) in [6, 6.07) is 5.90. The zero-order valence-corrected chi connectivity index (χ0v) is 11.6. The van der Waals surface area contributed by atoms with Gasteiger partial charge in [-0.25, -0.2) is 0 Å². The average molecular weight is 318 g/mol. The predicted molar refractivity (Wildman–Crippen MR) is 71.8 cm³/mol. The van der Waals surface area contributed by atoms with Gasteiger partial charge >= 0.3 is 0 Å². The molecule has 0 bridgehead atoms. The Kier molecular flexibility index (Phi) is 4.45. The monoisotopic (exact) mass is 318 g/mol. The normalized spacial score (nSPS) is 12.1. The van der Waals surface area contributed by atoms with Gasteiger partial charge in [-0.3, -0.25) is 0 Å². The molecule has 0 aliphatic rings. The standard InChI is InChI=1S/C12H15IO2/c1-8(9(2)13)10-5-11(14-3)7-12(6-10)15-4/h5-7H,1-4H3/b9-8+. The van der Waals surface area contributed by atoms with Crippen LogP contribution in [-0.4, -0.2) is 14.2 Å². The summed E-state index contributed by atoms with van der Waals surface area (Å²) < 4.78 is 11.7. The Labute approximate surface area is 104 Å². The lowest BCUT2D eigenvalue weighted by atomic mass is 10.1. The molecule has 0 fully saturated rings. The molecule has 0 N–H and O–H groups in total. The summed E-state index contributed by atoms with van der Waals surface area (Å²) in [5.74, 6) is 1.64. The van der Waals surface area contributed by atoms with Crippen LogP contribution in [0.25, 0.3) is 5.57 Å². The zero-order valence-electron chi connectivity index (χ0n) is 9.43. The average Bonchev–Trinajstić information content (AvgIpc) is 2.27. The van der Waals surface area contributed by atoms with E-state index in [4.69, 9.17) is 9.47 Å². The number of hydrogen-bond acceptors (Lipinski definition) is 2. The molecule has 0 unspecified atom stereocenters. The number of hydrogen-bond donors (Lipinski definition) is 0. The Balaban J connectivity index is 3.24. The topological polar surface area (TPSA) is 18.5 Å². The Bertz CT molecular complexity index is 357. The fraction of sp³-hybridized carbons (Fsp3) is 0.333. The van der Waals surface area contributed by atoms with Crippen LogP contribution < -0.4 is 9.47 Å². The smallest absolute Gasteiger partial charge is 0.123 e. The highest BCUT2D eigenvalue weighted by Crippen LogP contribution is 2.29. The van der Waals surface area contributed by atoms with E-state index in [9.17, 15) is 0 Å². The quantitative estimate of drug-likeness (QED) is 0.787. The van der Waals surface area contributed by atoms with Gasteiger partial charge in [0.2, 0.25) is 0 Å². The molecule has 0 aliphatic carbocycles. The van der Waals surface area contributed by atoms with Crippen LogP contribution in [0.4, 0.5) is 0 Å². The maximum absolute atomic E-state index is 5.22. The van der Waals surface area contributed by atoms with Crippen molar-refractivity contribution in [2.24, 2.45) is 0 Å². The molecule has 0 aromatic heterocycles. The minimum atomic E-state index is 0.821. The van der Waals surface area contributed by atoms with Crippen molar-refractivity contribution in [1.82, 2.24) is 0 Å². The molecular weight excluding hydrogens is 303 g/mol. The number of rotatable bonds is 3. The SMILES string of the molecule is COc1cc(OC)cc(/C(C)=C(\C)I)c1. The Morgan fingerprint density at radius 3 is 1.80 bits per heavy atom. The molecule has 0 amide bonds. The van der Waals surface area contributed by atoms with Crippen molar-refractivity contribution in [2.45, 2.75) is 13.8 Å². The highest BCUT2D eigenvalue weighted by Gasteiger charge is 2.04. The summed E-state index contributed by atoms with van der Waals surface area (Å²) in [6.45, 7) is 4.18. The molecule has 1 aromatic rings. The van der Waals surface area contributed by atoms with E-state index in [1.165, 1.54) is 9.15 Å². The Morgan fingerprint density at radius 1 is 1.00 bits per heavy atom. The van der Waals surface area contributed by atoms with E-state index in [1.54, 1.807) is 14.2 Å². The van der Waals surface area contributed by atoms with Gasteiger partial charge in [0.05, 0.1) is 14.2 Å². The molecule has 0 aliphatic heterocycles. The summed E-state index contributed by atoms with van der Waals surface area (Å²) in [6.07, 6.45) is 0. The number of allylic oxidation sites excluding steroid dienone is 2. The van der Waals surface area contributed by atoms with Crippen LogP contribution in [0.1, 0.15) is 19.4 Å². The molecule has 1 rings (SSSR count). The highest BCUT2D eigenvalue weighted by molar-refractivity contribution is 14.1. The van der Waals surface area contributed by atoms with E-state index in [0.29, 0.717) is 0 Å². The minimum absolute atomic E-state index is 0.821. The first-order chi connectivity index (χ1) is 7.08. The summed E-state index contributed by atoms with van der Waals surface area (Å²) in [5.41, 5.74) is 2.38. The van der Waals surface area contributed by atoms with Crippen molar-refractivity contribution in [3.63, 3.8) is 0 Å². The largest absolute Gasteiger partial charge is 0.497 e. The fourth-order valence-corrected chi connectivity index (χ4v) is 1.53. The molecule has 0 radical (unpaired) electrons. The summed E-state index contributed by atoms with van der Waals surface area (Å²) in [5, 5.41) is 0. The molecule has 0 saturated heterocycles. The molecular formula is C12H15IO2. The number of methoxy groups -OCH3 is 2. The van der Waals surface area contributed by atoms with Gasteiger partial charge < -0.3 is 9.47 Å². The van der Waals surface area contributed by atoms with Crippen molar-refractivity contribution in [3.8, 4) is 11.5 Å². The third kappa shape index (κ3) is 3.12. The second-order valence-electron chi connectivity index (χ2n) is 3.26. The number of ether oxygens (including phenoxy) is 2. The lowest BCUT2D eigenvalue weighted by molar-refractivity contribution is 0.394. The van der Waals surface area contributed by atoms with Gasteiger partial charge in [0.1, 0.15) is 11.5 Å². The van der Waals surface area contributed by atoms with Crippen LogP contribution in [-0.2, 0) is 0 Å². The third-order valence-electron chi connectivity index (χ3n) is 2.30. The van der Waals surface area contributed by atoms with Crippen molar-refractivity contribution in [2.75, 3.05) is 14.2 Å². The van der Waals surface area contributed by atoms with E-state index < -0.39 is 0 Å². The first kappa shape index (κ1) is 12.4. The third-order valence-corrected chi connectivity index (χ3v) is 3.11. The van der Waals surface area contributed by atoms with E-state index in [-0.39, 0.29) is 0 Å². The number of halogens is 1. The van der Waals surface area contributed by atoms with E-state index in [1.807, 2.05) is 18.2 Å². The van der Waals surface area contributed by atoms with E-state index >= 15 is 0 Å². The first-order valence-electron chi connectivity index (χ1n) is 4.65. The summed E-state index contributed by atoms with van der Waals surface area (Å²) in [4.78, 5) is 0. The summed E-state index contributed by atoms with van der Waals surface area (Å²) in [7, 11) is 3.32. The van der Waals surface area contributed by atoms with E-state index in [0.717, 1.165) is 17.1 Å². The van der Waals surface area contributed by atoms with Gasteiger partial charge in [-0.05, 0) is 63.3 Å². The van der Waals surface area contributed by atoms with Crippen LogP contribution in [0.3, 0.4) is 0 Å². The number of benzene rings is 1. The lowest BCUT2D eigenvalue weighted by Gasteiger charge is -2.09. The van der Waals surface area contributed by atoms with E-state index in [2.05, 4.69) is 36.4 Å². The van der Waals surface area contributed by atoms with Crippen LogP contribution in [0.2, 0.25) is 0 Å². The highest BCUT2D eigenvalue weighted by atomic mass is 127. The summed E-state index contributed by atoms with van der Waals surface area (Å²) >= 11 is 2.32. The maximum atomic E-state index is 5.22. The Hall–Kier alpha value is -0.710. The zero-order chi connectivity index (χ0) is 11.4. The van der Waals surface area contributed by atoms with Crippen LogP contribution >= 0.6 is 22.6 Å². The maximum Gasteiger partial charge on any atom is 0.123 e.